The predicted octanol–water partition coefficient (Wildman–Crippen LogP) is 2.32. The Kier molecular flexibility index (Phi) is 4.57. The third-order valence-corrected chi connectivity index (χ3v) is 4.53. The second-order valence-corrected chi connectivity index (χ2v) is 5.62. The van der Waals surface area contributed by atoms with Crippen molar-refractivity contribution in [3.63, 3.8) is 0 Å². The summed E-state index contributed by atoms with van der Waals surface area (Å²) >= 11 is 0.418. The fraction of sp³-hybridized carbons (Fsp3) is 0.273. The predicted molar refractivity (Wildman–Crippen MR) is 69.9 cm³/mol. The maximum atomic E-state index is 11.4. The zero-order valence-corrected chi connectivity index (χ0v) is 10.7. The average molecular weight is 241 g/mol. The Balaban J connectivity index is 3.16. The molecule has 0 fully saturated rings. The normalized spacial score (nSPS) is 14.7. The first-order valence-electron chi connectivity index (χ1n) is 4.50. The molecule has 15 heavy (non-hydrogen) atoms. The molecule has 0 spiro atoms. The van der Waals surface area contributed by atoms with E-state index in [4.69, 9.17) is 5.73 Å². The summed E-state index contributed by atoms with van der Waals surface area (Å²) in [5.41, 5.74) is 8.69. The van der Waals surface area contributed by atoms with Gasteiger partial charge >= 0.3 is 0 Å². The van der Waals surface area contributed by atoms with Gasteiger partial charge in [-0.05, 0) is 30.4 Å². The van der Waals surface area contributed by atoms with E-state index in [2.05, 4.69) is 0 Å². The highest BCUT2D eigenvalue weighted by Crippen LogP contribution is 2.26. The second-order valence-electron chi connectivity index (χ2n) is 3.23. The summed E-state index contributed by atoms with van der Waals surface area (Å²) in [6.07, 6.45) is 3.54. The third-order valence-electron chi connectivity index (χ3n) is 2.00. The van der Waals surface area contributed by atoms with E-state index in [9.17, 15) is 4.55 Å². The Morgan fingerprint density at radius 3 is 2.60 bits per heavy atom. The molecule has 1 rings (SSSR count). The monoisotopic (exact) mass is 241 g/mol. The minimum atomic E-state index is -1.02. The van der Waals surface area contributed by atoms with Crippen molar-refractivity contribution in [1.29, 1.82) is 0 Å². The number of thioether (sulfide) groups is 1. The first kappa shape index (κ1) is 12.5. The van der Waals surface area contributed by atoms with Gasteiger partial charge in [0.05, 0.1) is 0 Å². The van der Waals surface area contributed by atoms with Gasteiger partial charge in [-0.2, -0.15) is 0 Å². The first-order valence-corrected chi connectivity index (χ1v) is 7.28. The molecule has 1 aromatic rings. The van der Waals surface area contributed by atoms with Crippen LogP contribution in [0.1, 0.15) is 11.1 Å². The van der Waals surface area contributed by atoms with Gasteiger partial charge in [-0.15, -0.1) is 0 Å². The van der Waals surface area contributed by atoms with Crippen molar-refractivity contribution < 1.29 is 4.55 Å². The molecule has 0 bridgehead atoms. The summed E-state index contributed by atoms with van der Waals surface area (Å²) in [5.74, 6) is 0. The van der Waals surface area contributed by atoms with Gasteiger partial charge in [-0.1, -0.05) is 35.5 Å². The van der Waals surface area contributed by atoms with Gasteiger partial charge in [0.15, 0.2) is 0 Å². The SMILES string of the molecule is CS/C(=C(\N)c1cccc(C)c1)[S+](C)[O-]. The van der Waals surface area contributed by atoms with E-state index in [1.807, 2.05) is 37.4 Å². The standard InChI is InChI=1S/C11H15NOS2/c1-8-5-4-6-9(7-8)10(12)11(14-2)15(3)13/h4-7H,12H2,1-3H3/b11-10+. The van der Waals surface area contributed by atoms with Crippen LogP contribution in [0.4, 0.5) is 0 Å². The van der Waals surface area contributed by atoms with Crippen molar-refractivity contribution in [2.45, 2.75) is 6.92 Å². The second kappa shape index (κ2) is 5.49. The van der Waals surface area contributed by atoms with E-state index in [0.29, 0.717) is 5.70 Å². The van der Waals surface area contributed by atoms with Crippen molar-refractivity contribution in [2.24, 2.45) is 5.73 Å². The number of aryl methyl sites for hydroxylation is 1. The lowest BCUT2D eigenvalue weighted by Gasteiger charge is -2.10. The van der Waals surface area contributed by atoms with Crippen LogP contribution >= 0.6 is 11.8 Å². The fourth-order valence-corrected chi connectivity index (χ4v) is 3.02. The minimum absolute atomic E-state index is 0.618. The molecule has 0 aliphatic carbocycles. The van der Waals surface area contributed by atoms with E-state index in [-0.39, 0.29) is 0 Å². The maximum Gasteiger partial charge on any atom is 0.209 e. The summed E-state index contributed by atoms with van der Waals surface area (Å²) in [6.45, 7) is 2.01. The Bertz CT molecular complexity index is 375. The lowest BCUT2D eigenvalue weighted by molar-refractivity contribution is 0.608. The molecule has 0 saturated carbocycles. The van der Waals surface area contributed by atoms with Crippen LogP contribution in [0.3, 0.4) is 0 Å². The minimum Gasteiger partial charge on any atom is -0.611 e. The maximum absolute atomic E-state index is 11.4. The van der Waals surface area contributed by atoms with Gasteiger partial charge < -0.3 is 10.3 Å². The van der Waals surface area contributed by atoms with Crippen molar-refractivity contribution in [2.75, 3.05) is 12.5 Å². The zero-order valence-electron chi connectivity index (χ0n) is 9.11. The van der Waals surface area contributed by atoms with Crippen LogP contribution in [0, 0.1) is 6.92 Å². The Morgan fingerprint density at radius 2 is 2.13 bits per heavy atom. The highest BCUT2D eigenvalue weighted by Gasteiger charge is 2.14. The molecule has 1 atom stereocenters. The Morgan fingerprint density at radius 1 is 1.47 bits per heavy atom. The van der Waals surface area contributed by atoms with Crippen LogP contribution in [0.2, 0.25) is 0 Å². The number of rotatable bonds is 3. The highest BCUT2D eigenvalue weighted by molar-refractivity contribution is 8.18. The number of benzene rings is 1. The van der Waals surface area contributed by atoms with Crippen LogP contribution in [-0.2, 0) is 11.2 Å². The molecule has 0 radical (unpaired) electrons. The molecule has 0 saturated heterocycles. The number of hydrogen-bond acceptors (Lipinski definition) is 3. The van der Waals surface area contributed by atoms with Crippen molar-refractivity contribution in [3.05, 3.63) is 39.6 Å². The first-order chi connectivity index (χ1) is 7.06. The van der Waals surface area contributed by atoms with Crippen molar-refractivity contribution in [1.82, 2.24) is 0 Å². The molecule has 1 aromatic carbocycles. The quantitative estimate of drug-likeness (QED) is 0.826. The molecule has 0 heterocycles. The van der Waals surface area contributed by atoms with Crippen LogP contribution < -0.4 is 5.73 Å². The topological polar surface area (TPSA) is 49.1 Å². The van der Waals surface area contributed by atoms with E-state index in [1.165, 1.54) is 11.8 Å². The third kappa shape index (κ3) is 3.19. The molecule has 0 amide bonds. The number of nitrogens with two attached hydrogens (primary N) is 1. The average Bonchev–Trinajstić information content (AvgIpc) is 2.18. The Labute approximate surface area is 98.1 Å². The van der Waals surface area contributed by atoms with Crippen molar-refractivity contribution in [3.8, 4) is 0 Å². The van der Waals surface area contributed by atoms with Gasteiger partial charge in [-0.25, -0.2) is 0 Å². The van der Waals surface area contributed by atoms with E-state index in [1.54, 1.807) is 6.26 Å². The highest BCUT2D eigenvalue weighted by atomic mass is 32.3. The summed E-state index contributed by atoms with van der Waals surface area (Å²) in [7, 11) is 0. The molecule has 0 aliphatic rings. The fourth-order valence-electron chi connectivity index (χ4n) is 1.31. The smallest absolute Gasteiger partial charge is 0.209 e. The summed E-state index contributed by atoms with van der Waals surface area (Å²) in [4.78, 5) is 0. The molecule has 0 aromatic heterocycles. The van der Waals surface area contributed by atoms with Crippen LogP contribution in [-0.4, -0.2) is 17.1 Å². The van der Waals surface area contributed by atoms with Crippen LogP contribution in [0.5, 0.6) is 0 Å². The molecular weight excluding hydrogens is 226 g/mol. The van der Waals surface area contributed by atoms with E-state index < -0.39 is 11.2 Å². The van der Waals surface area contributed by atoms with Crippen molar-refractivity contribution >= 4 is 28.6 Å². The molecule has 0 aliphatic heterocycles. The zero-order chi connectivity index (χ0) is 11.4. The van der Waals surface area contributed by atoms with E-state index >= 15 is 0 Å². The van der Waals surface area contributed by atoms with Gasteiger partial charge in [0, 0.05) is 5.56 Å². The molecule has 2 N–H and O–H groups in total. The summed E-state index contributed by atoms with van der Waals surface area (Å²) < 4.78 is 12.2. The number of hydrogen-bond donors (Lipinski definition) is 1. The lowest BCUT2D eigenvalue weighted by Crippen LogP contribution is -2.07. The van der Waals surface area contributed by atoms with Gasteiger partial charge in [0.2, 0.25) is 4.24 Å². The molecule has 4 heteroatoms. The molecule has 2 nitrogen and oxygen atoms in total. The summed E-state index contributed by atoms with van der Waals surface area (Å²) in [5, 5.41) is 0. The lowest BCUT2D eigenvalue weighted by atomic mass is 10.1. The van der Waals surface area contributed by atoms with E-state index in [0.717, 1.165) is 15.4 Å². The van der Waals surface area contributed by atoms with Gasteiger partial charge in [0.1, 0.15) is 12.0 Å². The van der Waals surface area contributed by atoms with Crippen LogP contribution in [0.15, 0.2) is 28.5 Å². The summed E-state index contributed by atoms with van der Waals surface area (Å²) in [6, 6.07) is 7.90. The van der Waals surface area contributed by atoms with Gasteiger partial charge in [-0.3, -0.25) is 0 Å². The molecule has 82 valence electrons. The Hall–Kier alpha value is -0.580. The largest absolute Gasteiger partial charge is 0.611 e. The van der Waals surface area contributed by atoms with Gasteiger partial charge in [0.25, 0.3) is 0 Å². The van der Waals surface area contributed by atoms with Crippen LogP contribution in [0.25, 0.3) is 5.70 Å². The molecular formula is C11H15NOS2. The molecule has 1 unspecified atom stereocenters.